The van der Waals surface area contributed by atoms with E-state index in [1.807, 2.05) is 62.4 Å². The number of para-hydroxylation sites is 1. The van der Waals surface area contributed by atoms with Gasteiger partial charge in [-0.05, 0) is 61.9 Å². The van der Waals surface area contributed by atoms with Crippen LogP contribution in [0.1, 0.15) is 21.5 Å². The van der Waals surface area contributed by atoms with E-state index in [-0.39, 0.29) is 5.91 Å². The summed E-state index contributed by atoms with van der Waals surface area (Å²) in [5, 5.41) is 11.2. The number of hydrogen-bond donors (Lipinski definition) is 1. The minimum absolute atomic E-state index is 0.160. The first-order valence-electron chi connectivity index (χ1n) is 8.98. The molecule has 0 spiro atoms. The lowest BCUT2D eigenvalue weighted by atomic mass is 10.1. The first kappa shape index (κ1) is 17.7. The van der Waals surface area contributed by atoms with Crippen molar-refractivity contribution < 1.29 is 9.21 Å². The van der Waals surface area contributed by atoms with Crippen molar-refractivity contribution in [3.63, 3.8) is 0 Å². The summed E-state index contributed by atoms with van der Waals surface area (Å²) >= 11 is 0. The smallest absolute Gasteiger partial charge is 0.255 e. The maximum atomic E-state index is 12.5. The van der Waals surface area contributed by atoms with E-state index in [1.165, 1.54) is 0 Å². The highest BCUT2D eigenvalue weighted by molar-refractivity contribution is 6.04. The topological polar surface area (TPSA) is 68.0 Å². The molecule has 1 amide bonds. The molecule has 0 atom stereocenters. The van der Waals surface area contributed by atoms with Gasteiger partial charge in [0.2, 0.25) is 11.8 Å². The Kier molecular flexibility index (Phi) is 4.72. The highest BCUT2D eigenvalue weighted by atomic mass is 16.4. The zero-order valence-corrected chi connectivity index (χ0v) is 15.6. The van der Waals surface area contributed by atoms with Crippen molar-refractivity contribution in [2.75, 3.05) is 5.32 Å². The number of carbonyl (C=O) groups excluding carboxylic acids is 1. The first-order valence-corrected chi connectivity index (χ1v) is 8.98. The van der Waals surface area contributed by atoms with E-state index < -0.39 is 0 Å². The second kappa shape index (κ2) is 7.48. The third-order valence-electron chi connectivity index (χ3n) is 4.48. The molecule has 4 rings (SSSR count). The molecule has 0 aliphatic heterocycles. The van der Waals surface area contributed by atoms with Gasteiger partial charge < -0.3 is 9.73 Å². The number of aryl methyl sites for hydroxylation is 2. The van der Waals surface area contributed by atoms with Gasteiger partial charge in [0.1, 0.15) is 0 Å². The molecule has 5 heteroatoms. The first-order chi connectivity index (χ1) is 13.6. The average Bonchev–Trinajstić information content (AvgIpc) is 3.20. The van der Waals surface area contributed by atoms with E-state index in [4.69, 9.17) is 4.42 Å². The average molecular weight is 369 g/mol. The lowest BCUT2D eigenvalue weighted by Gasteiger charge is -2.08. The molecule has 5 nitrogen and oxygen atoms in total. The molecule has 0 fully saturated rings. The maximum absolute atomic E-state index is 12.5. The fourth-order valence-corrected chi connectivity index (χ4v) is 2.91. The third-order valence-corrected chi connectivity index (χ3v) is 4.48. The van der Waals surface area contributed by atoms with Crippen LogP contribution in [0, 0.1) is 13.8 Å². The van der Waals surface area contributed by atoms with E-state index in [2.05, 4.69) is 15.5 Å². The summed E-state index contributed by atoms with van der Waals surface area (Å²) in [4.78, 5) is 12.5. The van der Waals surface area contributed by atoms with Crippen LogP contribution < -0.4 is 5.32 Å². The summed E-state index contributed by atoms with van der Waals surface area (Å²) in [6.45, 7) is 3.97. The Morgan fingerprint density at radius 3 is 2.25 bits per heavy atom. The van der Waals surface area contributed by atoms with E-state index in [0.717, 1.165) is 27.9 Å². The lowest BCUT2D eigenvalue weighted by Crippen LogP contribution is -2.12. The number of aromatic nitrogens is 2. The quantitative estimate of drug-likeness (QED) is 0.532. The van der Waals surface area contributed by atoms with E-state index >= 15 is 0 Å². The van der Waals surface area contributed by atoms with Crippen LogP contribution in [0.25, 0.3) is 22.9 Å². The molecule has 1 aromatic heterocycles. The predicted octanol–water partition coefficient (Wildman–Crippen LogP) is 5.27. The van der Waals surface area contributed by atoms with Crippen LogP contribution in [-0.4, -0.2) is 16.1 Å². The van der Waals surface area contributed by atoms with Crippen molar-refractivity contribution in [2.24, 2.45) is 0 Å². The molecular weight excluding hydrogens is 350 g/mol. The van der Waals surface area contributed by atoms with Gasteiger partial charge in [-0.25, -0.2) is 0 Å². The van der Waals surface area contributed by atoms with Crippen LogP contribution in [-0.2, 0) is 0 Å². The van der Waals surface area contributed by atoms with Gasteiger partial charge in [-0.15, -0.1) is 10.2 Å². The molecule has 0 unspecified atom stereocenters. The lowest BCUT2D eigenvalue weighted by molar-refractivity contribution is 0.102. The van der Waals surface area contributed by atoms with E-state index in [9.17, 15) is 4.79 Å². The maximum Gasteiger partial charge on any atom is 0.255 e. The number of carbonyl (C=O) groups is 1. The normalized spacial score (nSPS) is 10.6. The predicted molar refractivity (Wildman–Crippen MR) is 109 cm³/mol. The Morgan fingerprint density at radius 2 is 1.54 bits per heavy atom. The molecule has 0 radical (unpaired) electrons. The van der Waals surface area contributed by atoms with Gasteiger partial charge in [-0.2, -0.15) is 0 Å². The Balaban J connectivity index is 1.52. The van der Waals surface area contributed by atoms with Gasteiger partial charge in [-0.3, -0.25) is 4.79 Å². The fourth-order valence-electron chi connectivity index (χ4n) is 2.91. The Labute approximate surface area is 163 Å². The number of hydrogen-bond acceptors (Lipinski definition) is 4. The second-order valence-corrected chi connectivity index (χ2v) is 6.63. The van der Waals surface area contributed by atoms with Crippen LogP contribution in [0.5, 0.6) is 0 Å². The molecule has 0 saturated carbocycles. The Hall–Kier alpha value is -3.73. The van der Waals surface area contributed by atoms with Gasteiger partial charge in [0, 0.05) is 22.4 Å². The molecule has 1 N–H and O–H groups in total. The molecule has 0 aliphatic rings. The minimum Gasteiger partial charge on any atom is -0.416 e. The van der Waals surface area contributed by atoms with Crippen LogP contribution in [0.15, 0.2) is 77.2 Å². The number of nitrogens with one attached hydrogen (secondary N) is 1. The summed E-state index contributed by atoms with van der Waals surface area (Å²) in [5.41, 5.74) is 5.15. The van der Waals surface area contributed by atoms with Crippen molar-refractivity contribution in [3.05, 3.63) is 89.5 Å². The molecule has 4 aromatic rings. The van der Waals surface area contributed by atoms with Crippen LogP contribution in [0.4, 0.5) is 5.69 Å². The summed E-state index contributed by atoms with van der Waals surface area (Å²) in [5.74, 6) is 0.731. The van der Waals surface area contributed by atoms with Gasteiger partial charge >= 0.3 is 0 Å². The van der Waals surface area contributed by atoms with E-state index in [1.54, 1.807) is 24.3 Å². The third kappa shape index (κ3) is 3.69. The Bertz CT molecular complexity index is 1130. The minimum atomic E-state index is -0.160. The van der Waals surface area contributed by atoms with Crippen molar-refractivity contribution in [2.45, 2.75) is 13.8 Å². The molecule has 0 aliphatic carbocycles. The molecule has 0 bridgehead atoms. The highest BCUT2D eigenvalue weighted by Crippen LogP contribution is 2.25. The molecule has 0 saturated heterocycles. The van der Waals surface area contributed by atoms with Gasteiger partial charge in [0.05, 0.1) is 0 Å². The van der Waals surface area contributed by atoms with Gasteiger partial charge in [-0.1, -0.05) is 35.9 Å². The number of benzene rings is 3. The fraction of sp³-hybridized carbons (Fsp3) is 0.0870. The van der Waals surface area contributed by atoms with Crippen molar-refractivity contribution in [1.29, 1.82) is 0 Å². The molecule has 1 heterocycles. The van der Waals surface area contributed by atoms with Crippen LogP contribution in [0.3, 0.4) is 0 Å². The largest absolute Gasteiger partial charge is 0.416 e. The summed E-state index contributed by atoms with van der Waals surface area (Å²) in [7, 11) is 0. The van der Waals surface area contributed by atoms with Gasteiger partial charge in [0.25, 0.3) is 5.91 Å². The SMILES string of the molecule is Cc1cccc(-c2nnc(-c3ccc(C(=O)Nc4ccccc4C)cc3)o2)c1. The summed E-state index contributed by atoms with van der Waals surface area (Å²) < 4.78 is 5.80. The number of anilines is 1. The highest BCUT2D eigenvalue weighted by Gasteiger charge is 2.12. The summed E-state index contributed by atoms with van der Waals surface area (Å²) in [6.07, 6.45) is 0. The van der Waals surface area contributed by atoms with E-state index in [0.29, 0.717) is 17.3 Å². The Morgan fingerprint density at radius 1 is 0.821 bits per heavy atom. The van der Waals surface area contributed by atoms with Crippen LogP contribution in [0.2, 0.25) is 0 Å². The molecular formula is C23H19N3O2. The number of rotatable bonds is 4. The van der Waals surface area contributed by atoms with Crippen molar-refractivity contribution >= 4 is 11.6 Å². The molecule has 28 heavy (non-hydrogen) atoms. The zero-order valence-electron chi connectivity index (χ0n) is 15.6. The monoisotopic (exact) mass is 369 g/mol. The second-order valence-electron chi connectivity index (χ2n) is 6.63. The number of nitrogens with zero attached hydrogens (tertiary/aromatic N) is 2. The molecule has 3 aromatic carbocycles. The van der Waals surface area contributed by atoms with Gasteiger partial charge in [0.15, 0.2) is 0 Å². The summed E-state index contributed by atoms with van der Waals surface area (Å²) in [6, 6.07) is 22.7. The van der Waals surface area contributed by atoms with Crippen molar-refractivity contribution in [3.8, 4) is 22.9 Å². The number of amides is 1. The standard InChI is InChI=1S/C23H19N3O2/c1-15-6-5-8-19(14-15)23-26-25-22(28-23)18-12-10-17(11-13-18)21(27)24-20-9-4-3-7-16(20)2/h3-14H,1-2H3,(H,24,27). The molecule has 138 valence electrons. The van der Waals surface area contributed by atoms with Crippen molar-refractivity contribution in [1.82, 2.24) is 10.2 Å². The zero-order chi connectivity index (χ0) is 19.5. The van der Waals surface area contributed by atoms with Crippen LogP contribution >= 0.6 is 0 Å².